The lowest BCUT2D eigenvalue weighted by molar-refractivity contribution is -0.176. The van der Waals surface area contributed by atoms with E-state index in [9.17, 15) is 9.59 Å². The van der Waals surface area contributed by atoms with Crippen LogP contribution in [0.4, 0.5) is 0 Å². The number of hydrogen-bond donors (Lipinski definition) is 0. The van der Waals surface area contributed by atoms with Crippen molar-refractivity contribution in [2.45, 2.75) is 13.0 Å². The highest BCUT2D eigenvalue weighted by Crippen LogP contribution is 2.07. The average Bonchev–Trinajstić information content (AvgIpc) is 1.85. The zero-order chi connectivity index (χ0) is 7.56. The molecule has 1 heterocycles. The van der Waals surface area contributed by atoms with Crippen molar-refractivity contribution >= 4 is 11.8 Å². The summed E-state index contributed by atoms with van der Waals surface area (Å²) in [5.41, 5.74) is 0. The Bertz CT molecular complexity index is 163. The van der Waals surface area contributed by atoms with E-state index in [0.29, 0.717) is 0 Å². The molecule has 0 aromatic carbocycles. The highest BCUT2D eigenvalue weighted by Gasteiger charge is 2.37. The molecule has 4 nitrogen and oxygen atoms in total. The fourth-order valence-electron chi connectivity index (χ4n) is 0.652. The number of carbonyl (C=O) groups is 2. The highest BCUT2D eigenvalue weighted by molar-refractivity contribution is 6.06. The van der Waals surface area contributed by atoms with Crippen LogP contribution in [0.1, 0.15) is 6.92 Å². The van der Waals surface area contributed by atoms with Gasteiger partial charge in [0.25, 0.3) is 0 Å². The molecule has 4 heteroatoms. The SMILES string of the molecule is CCOC(=O)C1OCC1=O. The van der Waals surface area contributed by atoms with Crippen LogP contribution in [-0.4, -0.2) is 31.1 Å². The van der Waals surface area contributed by atoms with Gasteiger partial charge in [-0.15, -0.1) is 0 Å². The van der Waals surface area contributed by atoms with Gasteiger partial charge in [-0.2, -0.15) is 0 Å². The molecule has 0 aromatic heterocycles. The molecular weight excluding hydrogens is 136 g/mol. The third-order valence-corrected chi connectivity index (χ3v) is 1.19. The van der Waals surface area contributed by atoms with E-state index >= 15 is 0 Å². The van der Waals surface area contributed by atoms with Gasteiger partial charge in [-0.25, -0.2) is 4.79 Å². The Hall–Kier alpha value is -0.900. The number of ketones is 1. The molecule has 10 heavy (non-hydrogen) atoms. The minimum absolute atomic E-state index is 0.0451. The molecule has 1 aliphatic heterocycles. The van der Waals surface area contributed by atoms with Crippen LogP contribution in [0.2, 0.25) is 0 Å². The molecule has 1 saturated heterocycles. The maximum Gasteiger partial charge on any atom is 0.343 e. The molecule has 1 rings (SSSR count). The largest absolute Gasteiger partial charge is 0.464 e. The average molecular weight is 144 g/mol. The third kappa shape index (κ3) is 1.16. The van der Waals surface area contributed by atoms with Gasteiger partial charge in [0, 0.05) is 0 Å². The maximum atomic E-state index is 10.7. The zero-order valence-corrected chi connectivity index (χ0v) is 5.62. The van der Waals surface area contributed by atoms with Gasteiger partial charge in [-0.3, -0.25) is 4.79 Å². The van der Waals surface area contributed by atoms with E-state index in [1.54, 1.807) is 6.92 Å². The molecule has 0 saturated carbocycles. The van der Waals surface area contributed by atoms with E-state index in [2.05, 4.69) is 9.47 Å². The molecule has 0 spiro atoms. The van der Waals surface area contributed by atoms with Crippen molar-refractivity contribution in [3.63, 3.8) is 0 Å². The number of ether oxygens (including phenoxy) is 2. The minimum Gasteiger partial charge on any atom is -0.464 e. The molecular formula is C6H8O4. The molecule has 1 unspecified atom stereocenters. The summed E-state index contributed by atoms with van der Waals surface area (Å²) in [5, 5.41) is 0. The maximum absolute atomic E-state index is 10.7. The van der Waals surface area contributed by atoms with Gasteiger partial charge in [0.05, 0.1) is 6.61 Å². The standard InChI is InChI=1S/C6H8O4/c1-2-9-6(8)5-4(7)3-10-5/h5H,2-3H2,1H3. The number of carbonyl (C=O) groups excluding carboxylic acids is 2. The van der Waals surface area contributed by atoms with E-state index in [-0.39, 0.29) is 19.0 Å². The zero-order valence-electron chi connectivity index (χ0n) is 5.62. The smallest absolute Gasteiger partial charge is 0.343 e. The summed E-state index contributed by atoms with van der Waals surface area (Å²) in [6.07, 6.45) is -0.931. The van der Waals surface area contributed by atoms with Gasteiger partial charge < -0.3 is 9.47 Å². The summed E-state index contributed by atoms with van der Waals surface area (Å²) in [6, 6.07) is 0. The quantitative estimate of drug-likeness (QED) is 0.388. The molecule has 1 fully saturated rings. The van der Waals surface area contributed by atoms with E-state index in [1.165, 1.54) is 0 Å². The van der Waals surface area contributed by atoms with Crippen molar-refractivity contribution in [3.8, 4) is 0 Å². The third-order valence-electron chi connectivity index (χ3n) is 1.19. The first-order chi connectivity index (χ1) is 4.75. The monoisotopic (exact) mass is 144 g/mol. The molecule has 0 aromatic rings. The van der Waals surface area contributed by atoms with E-state index in [0.717, 1.165) is 0 Å². The highest BCUT2D eigenvalue weighted by atomic mass is 16.6. The summed E-state index contributed by atoms with van der Waals surface area (Å²) in [4.78, 5) is 21.2. The van der Waals surface area contributed by atoms with Crippen molar-refractivity contribution < 1.29 is 19.1 Å². The minimum atomic E-state index is -0.931. The Morgan fingerprint density at radius 1 is 1.90 bits per heavy atom. The summed E-state index contributed by atoms with van der Waals surface area (Å²) < 4.78 is 9.16. The van der Waals surface area contributed by atoms with Gasteiger partial charge in [0.1, 0.15) is 6.61 Å². The Morgan fingerprint density at radius 3 is 2.90 bits per heavy atom. The number of Topliss-reactive ketones (excluding diaryl/α,β-unsaturated/α-hetero) is 1. The van der Waals surface area contributed by atoms with Crippen LogP contribution in [0.3, 0.4) is 0 Å². The van der Waals surface area contributed by atoms with Crippen LogP contribution in [0, 0.1) is 0 Å². The lowest BCUT2D eigenvalue weighted by Crippen LogP contribution is -2.46. The molecule has 56 valence electrons. The van der Waals surface area contributed by atoms with Crippen LogP contribution in [0.15, 0.2) is 0 Å². The van der Waals surface area contributed by atoms with Gasteiger partial charge in [-0.1, -0.05) is 0 Å². The Labute approximate surface area is 58.1 Å². The van der Waals surface area contributed by atoms with Gasteiger partial charge in [0.15, 0.2) is 5.78 Å². The predicted molar refractivity (Wildman–Crippen MR) is 31.4 cm³/mol. The summed E-state index contributed by atoms with van der Waals surface area (Å²) in [7, 11) is 0. The van der Waals surface area contributed by atoms with Crippen LogP contribution in [0.5, 0.6) is 0 Å². The second-order valence-corrected chi connectivity index (χ2v) is 1.91. The second-order valence-electron chi connectivity index (χ2n) is 1.91. The summed E-state index contributed by atoms with van der Waals surface area (Å²) >= 11 is 0. The number of rotatable bonds is 2. The first-order valence-corrected chi connectivity index (χ1v) is 3.06. The summed E-state index contributed by atoms with van der Waals surface area (Å²) in [5.74, 6) is -0.766. The molecule has 0 amide bonds. The van der Waals surface area contributed by atoms with Crippen molar-refractivity contribution in [1.29, 1.82) is 0 Å². The Kier molecular flexibility index (Phi) is 2.01. The first-order valence-electron chi connectivity index (χ1n) is 3.06. The van der Waals surface area contributed by atoms with E-state index < -0.39 is 12.1 Å². The lowest BCUT2D eigenvalue weighted by atomic mass is 10.2. The second kappa shape index (κ2) is 2.79. The normalized spacial score (nSPS) is 23.7. The predicted octanol–water partition coefficient (Wildman–Crippen LogP) is -0.483. The lowest BCUT2D eigenvalue weighted by Gasteiger charge is -2.21. The molecule has 0 aliphatic carbocycles. The fraction of sp³-hybridized carbons (Fsp3) is 0.667. The van der Waals surface area contributed by atoms with Crippen molar-refractivity contribution in [2.75, 3.05) is 13.2 Å². The topological polar surface area (TPSA) is 52.6 Å². The van der Waals surface area contributed by atoms with Gasteiger partial charge in [0.2, 0.25) is 6.10 Å². The molecule has 1 aliphatic rings. The molecule has 0 bridgehead atoms. The molecule has 1 atom stereocenters. The van der Waals surface area contributed by atoms with Gasteiger partial charge in [-0.05, 0) is 6.92 Å². The molecule has 0 N–H and O–H groups in total. The Morgan fingerprint density at radius 2 is 2.60 bits per heavy atom. The van der Waals surface area contributed by atoms with E-state index in [4.69, 9.17) is 0 Å². The van der Waals surface area contributed by atoms with Crippen molar-refractivity contribution in [3.05, 3.63) is 0 Å². The Balaban J connectivity index is 2.34. The van der Waals surface area contributed by atoms with Crippen LogP contribution in [0.25, 0.3) is 0 Å². The van der Waals surface area contributed by atoms with E-state index in [1.807, 2.05) is 0 Å². The van der Waals surface area contributed by atoms with Crippen LogP contribution < -0.4 is 0 Å². The van der Waals surface area contributed by atoms with Crippen LogP contribution in [-0.2, 0) is 19.1 Å². The molecule has 0 radical (unpaired) electrons. The van der Waals surface area contributed by atoms with Gasteiger partial charge >= 0.3 is 5.97 Å². The van der Waals surface area contributed by atoms with Crippen molar-refractivity contribution in [2.24, 2.45) is 0 Å². The number of hydrogen-bond acceptors (Lipinski definition) is 4. The fourth-order valence-corrected chi connectivity index (χ4v) is 0.652. The summed E-state index contributed by atoms with van der Waals surface area (Å²) in [6.45, 7) is 2.01. The van der Waals surface area contributed by atoms with Crippen LogP contribution >= 0.6 is 0 Å². The van der Waals surface area contributed by atoms with Crippen molar-refractivity contribution in [1.82, 2.24) is 0 Å². The number of esters is 1. The first kappa shape index (κ1) is 7.21.